The van der Waals surface area contributed by atoms with Crippen LogP contribution in [0.15, 0.2) is 33.5 Å². The summed E-state index contributed by atoms with van der Waals surface area (Å²) in [5, 5.41) is 14.5. The number of halogens is 1. The van der Waals surface area contributed by atoms with Crippen molar-refractivity contribution in [1.82, 2.24) is 9.78 Å². The molecular weight excluding hydrogens is 376 g/mol. The Labute approximate surface area is 148 Å². The zero-order valence-corrected chi connectivity index (χ0v) is 15.3. The predicted octanol–water partition coefficient (Wildman–Crippen LogP) is 3.06. The van der Waals surface area contributed by atoms with Crippen LogP contribution in [0.25, 0.3) is 0 Å². The van der Waals surface area contributed by atoms with Crippen molar-refractivity contribution in [1.29, 1.82) is 0 Å². The van der Waals surface area contributed by atoms with Crippen LogP contribution in [0, 0.1) is 0 Å². The topological polar surface area (TPSA) is 81.4 Å². The molecule has 6 nitrogen and oxygen atoms in total. The molecule has 0 atom stereocenters. The molecule has 1 N–H and O–H groups in total. The lowest BCUT2D eigenvalue weighted by molar-refractivity contribution is 0.0519. The molecule has 0 bridgehead atoms. The van der Waals surface area contributed by atoms with Gasteiger partial charge < -0.3 is 9.84 Å². The fourth-order valence-electron chi connectivity index (χ4n) is 2.25. The lowest BCUT2D eigenvalue weighted by Crippen LogP contribution is -2.31. The average Bonchev–Trinajstić information content (AvgIpc) is 2.52. The Morgan fingerprint density at radius 2 is 2.04 bits per heavy atom. The van der Waals surface area contributed by atoms with Gasteiger partial charge in [0.1, 0.15) is 5.69 Å². The van der Waals surface area contributed by atoms with Gasteiger partial charge in [-0.05, 0) is 18.6 Å². The molecule has 1 aromatic heterocycles. The Morgan fingerprint density at radius 3 is 2.62 bits per heavy atom. The summed E-state index contributed by atoms with van der Waals surface area (Å²) in [6.45, 7) is 5.57. The van der Waals surface area contributed by atoms with Gasteiger partial charge in [0.2, 0.25) is 0 Å². The lowest BCUT2D eigenvalue weighted by Gasteiger charge is -2.15. The molecule has 0 saturated heterocycles. The Bertz CT molecular complexity index is 815. The normalized spacial score (nSPS) is 10.9. The summed E-state index contributed by atoms with van der Waals surface area (Å²) in [4.78, 5) is 24.7. The fourth-order valence-corrected chi connectivity index (χ4v) is 2.66. The Morgan fingerprint density at radius 1 is 1.38 bits per heavy atom. The number of aromatic nitrogens is 2. The third-order valence-electron chi connectivity index (χ3n) is 3.46. The van der Waals surface area contributed by atoms with E-state index in [9.17, 15) is 14.7 Å². The van der Waals surface area contributed by atoms with E-state index in [1.807, 2.05) is 38.1 Å². The van der Waals surface area contributed by atoms with Crippen molar-refractivity contribution < 1.29 is 14.6 Å². The number of esters is 1. The number of hydrogen-bond acceptors (Lipinski definition) is 5. The first kappa shape index (κ1) is 18.2. The molecule has 0 amide bonds. The summed E-state index contributed by atoms with van der Waals surface area (Å²) >= 11 is 3.43. The largest absolute Gasteiger partial charge is 0.505 e. The van der Waals surface area contributed by atoms with E-state index in [4.69, 9.17) is 4.74 Å². The minimum Gasteiger partial charge on any atom is -0.505 e. The van der Waals surface area contributed by atoms with E-state index in [0.29, 0.717) is 0 Å². The highest BCUT2D eigenvalue weighted by atomic mass is 79.9. The van der Waals surface area contributed by atoms with Crippen molar-refractivity contribution in [3.8, 4) is 5.75 Å². The summed E-state index contributed by atoms with van der Waals surface area (Å²) in [5.41, 5.74) is 0.0701. The number of ether oxygens (including phenoxy) is 1. The molecule has 0 fully saturated rings. The average molecular weight is 395 g/mol. The number of carbonyl (C=O) groups excluding carboxylic acids is 1. The maximum Gasteiger partial charge on any atom is 0.347 e. The summed E-state index contributed by atoms with van der Waals surface area (Å²) in [6, 6.07) is 7.42. The van der Waals surface area contributed by atoms with Crippen LogP contribution in [0.4, 0.5) is 0 Å². The number of hydrogen-bond donors (Lipinski definition) is 1. The Balaban J connectivity index is 2.61. The van der Waals surface area contributed by atoms with E-state index in [-0.39, 0.29) is 30.3 Å². The van der Waals surface area contributed by atoms with Crippen molar-refractivity contribution >= 4 is 21.9 Å². The van der Waals surface area contributed by atoms with E-state index in [1.54, 1.807) is 6.92 Å². The molecule has 7 heteroatoms. The molecule has 0 saturated carbocycles. The van der Waals surface area contributed by atoms with Crippen LogP contribution >= 0.6 is 15.9 Å². The molecule has 0 radical (unpaired) electrons. The van der Waals surface area contributed by atoms with Crippen LogP contribution in [-0.2, 0) is 11.3 Å². The van der Waals surface area contributed by atoms with Gasteiger partial charge in [0.05, 0.1) is 13.2 Å². The molecule has 2 rings (SSSR count). The molecule has 0 spiro atoms. The summed E-state index contributed by atoms with van der Waals surface area (Å²) in [5.74, 6) is -1.41. The van der Waals surface area contributed by atoms with Gasteiger partial charge in [0.15, 0.2) is 11.3 Å². The van der Waals surface area contributed by atoms with Gasteiger partial charge in [0, 0.05) is 10.4 Å². The quantitative estimate of drug-likeness (QED) is 0.787. The van der Waals surface area contributed by atoms with Gasteiger partial charge in [-0.3, -0.25) is 4.79 Å². The molecule has 0 aliphatic rings. The monoisotopic (exact) mass is 394 g/mol. The van der Waals surface area contributed by atoms with Crippen molar-refractivity contribution in [2.45, 2.75) is 33.2 Å². The highest BCUT2D eigenvalue weighted by Crippen LogP contribution is 2.25. The molecule has 128 valence electrons. The minimum atomic E-state index is -0.842. The minimum absolute atomic E-state index is 0.112. The second kappa shape index (κ2) is 7.61. The SMILES string of the molecule is CCOC(=O)c1c(O)c(C(C)C)nn(Cc2ccccc2Br)c1=O. The number of aromatic hydroxyl groups is 1. The van der Waals surface area contributed by atoms with Gasteiger partial charge in [-0.1, -0.05) is 48.0 Å². The van der Waals surface area contributed by atoms with Crippen molar-refractivity contribution in [2.24, 2.45) is 0 Å². The van der Waals surface area contributed by atoms with Crippen molar-refractivity contribution in [3.63, 3.8) is 0 Å². The smallest absolute Gasteiger partial charge is 0.347 e. The molecule has 2 aromatic rings. The van der Waals surface area contributed by atoms with E-state index >= 15 is 0 Å². The molecule has 1 aromatic carbocycles. The third-order valence-corrected chi connectivity index (χ3v) is 4.23. The van der Waals surface area contributed by atoms with Gasteiger partial charge in [-0.15, -0.1) is 0 Å². The maximum atomic E-state index is 12.6. The summed E-state index contributed by atoms with van der Waals surface area (Å²) in [6.07, 6.45) is 0. The van der Waals surface area contributed by atoms with Gasteiger partial charge in [-0.25, -0.2) is 9.48 Å². The van der Waals surface area contributed by atoms with Gasteiger partial charge >= 0.3 is 5.97 Å². The molecule has 0 aliphatic carbocycles. The van der Waals surface area contributed by atoms with Crippen LogP contribution in [0.2, 0.25) is 0 Å². The van der Waals surface area contributed by atoms with E-state index in [2.05, 4.69) is 21.0 Å². The molecule has 0 aliphatic heterocycles. The number of rotatable bonds is 5. The van der Waals surface area contributed by atoms with Gasteiger partial charge in [0.25, 0.3) is 5.56 Å². The van der Waals surface area contributed by atoms with E-state index < -0.39 is 17.3 Å². The van der Waals surface area contributed by atoms with Crippen LogP contribution in [-0.4, -0.2) is 27.5 Å². The number of nitrogens with zero attached hydrogens (tertiary/aromatic N) is 2. The van der Waals surface area contributed by atoms with Crippen LogP contribution < -0.4 is 5.56 Å². The summed E-state index contributed by atoms with van der Waals surface area (Å²) < 4.78 is 6.92. The standard InChI is InChI=1S/C17H19BrN2O4/c1-4-24-17(23)13-15(21)14(10(2)3)19-20(16(13)22)9-11-7-5-6-8-12(11)18/h5-8,10,21H,4,9H2,1-3H3. The predicted molar refractivity (Wildman–Crippen MR) is 93.5 cm³/mol. The number of benzene rings is 1. The molecular formula is C17H19BrN2O4. The first-order chi connectivity index (χ1) is 11.4. The molecule has 1 heterocycles. The lowest BCUT2D eigenvalue weighted by atomic mass is 10.1. The zero-order chi connectivity index (χ0) is 17.9. The Kier molecular flexibility index (Phi) is 5.77. The first-order valence-corrected chi connectivity index (χ1v) is 8.40. The van der Waals surface area contributed by atoms with Crippen LogP contribution in [0.5, 0.6) is 5.75 Å². The van der Waals surface area contributed by atoms with Crippen LogP contribution in [0.3, 0.4) is 0 Å². The first-order valence-electron chi connectivity index (χ1n) is 7.61. The Hall–Kier alpha value is -2.15. The summed E-state index contributed by atoms with van der Waals surface area (Å²) in [7, 11) is 0. The zero-order valence-electron chi connectivity index (χ0n) is 13.7. The van der Waals surface area contributed by atoms with Crippen LogP contribution in [0.1, 0.15) is 48.3 Å². The second-order valence-corrected chi connectivity index (χ2v) is 6.39. The van der Waals surface area contributed by atoms with Crippen molar-refractivity contribution in [3.05, 3.63) is 55.9 Å². The maximum absolute atomic E-state index is 12.6. The van der Waals surface area contributed by atoms with Gasteiger partial charge in [-0.2, -0.15) is 5.10 Å². The number of carbonyl (C=O) groups is 1. The fraction of sp³-hybridized carbons (Fsp3) is 0.353. The van der Waals surface area contributed by atoms with Crippen molar-refractivity contribution in [2.75, 3.05) is 6.61 Å². The molecule has 24 heavy (non-hydrogen) atoms. The highest BCUT2D eigenvalue weighted by molar-refractivity contribution is 9.10. The third kappa shape index (κ3) is 3.67. The second-order valence-electron chi connectivity index (χ2n) is 5.54. The molecule has 0 unspecified atom stereocenters. The van der Waals surface area contributed by atoms with E-state index in [0.717, 1.165) is 10.0 Å². The van der Waals surface area contributed by atoms with E-state index in [1.165, 1.54) is 4.68 Å². The highest BCUT2D eigenvalue weighted by Gasteiger charge is 2.25.